The zero-order chi connectivity index (χ0) is 22.8. The molecule has 0 N–H and O–H groups in total. The van der Waals surface area contributed by atoms with Crippen LogP contribution < -0.4 is 4.74 Å². The smallest absolute Gasteiger partial charge is 0.221 e. The highest BCUT2D eigenvalue weighted by molar-refractivity contribution is 6.30. The highest BCUT2D eigenvalue weighted by atomic mass is 35.5. The second kappa shape index (κ2) is 9.16. The molecule has 0 saturated heterocycles. The van der Waals surface area contributed by atoms with Crippen LogP contribution in [0.15, 0.2) is 54.7 Å². The maximum Gasteiger partial charge on any atom is 0.221 e. The van der Waals surface area contributed by atoms with Crippen molar-refractivity contribution in [3.63, 3.8) is 0 Å². The molecule has 5 rings (SSSR count). The number of aryl methyl sites for hydroxylation is 2. The minimum atomic E-state index is 0.202. The van der Waals surface area contributed by atoms with Crippen LogP contribution in [0.4, 0.5) is 0 Å². The summed E-state index contributed by atoms with van der Waals surface area (Å²) in [5.41, 5.74) is 4.86. The summed E-state index contributed by atoms with van der Waals surface area (Å²) in [6, 6.07) is 16.0. The van der Waals surface area contributed by atoms with Gasteiger partial charge in [-0.05, 0) is 79.4 Å². The predicted molar refractivity (Wildman–Crippen MR) is 130 cm³/mol. The standard InChI is InChI=1S/C26H24ClN5O/c1-17-15-19(12-13-28-17)23-10-8-21(29-26(23)33-2)9-11-24-30-25-22(7-4-14-32(25)31-24)18-5-3-6-20(27)16-18/h3,5-6,8-13,15-16,22H,4,7,14H2,1-2H3/b11-9+. The van der Waals surface area contributed by atoms with Crippen molar-refractivity contribution >= 4 is 23.8 Å². The van der Waals surface area contributed by atoms with Crippen LogP contribution >= 0.6 is 11.6 Å². The molecule has 0 radical (unpaired) electrons. The number of methoxy groups -OCH3 is 1. The van der Waals surface area contributed by atoms with Gasteiger partial charge in [0.15, 0.2) is 5.82 Å². The third-order valence-electron chi connectivity index (χ3n) is 5.83. The molecule has 7 heteroatoms. The lowest BCUT2D eigenvalue weighted by atomic mass is 9.91. The van der Waals surface area contributed by atoms with E-state index in [0.717, 1.165) is 52.7 Å². The van der Waals surface area contributed by atoms with E-state index in [1.54, 1.807) is 13.3 Å². The first-order valence-corrected chi connectivity index (χ1v) is 11.3. The number of hydrogen-bond acceptors (Lipinski definition) is 5. The summed E-state index contributed by atoms with van der Waals surface area (Å²) in [6.07, 6.45) is 7.71. The molecule has 1 atom stereocenters. The lowest BCUT2D eigenvalue weighted by molar-refractivity contribution is 0.399. The van der Waals surface area contributed by atoms with Gasteiger partial charge in [0.25, 0.3) is 0 Å². The van der Waals surface area contributed by atoms with Crippen molar-refractivity contribution < 1.29 is 4.74 Å². The van der Waals surface area contributed by atoms with Crippen LogP contribution in [0.2, 0.25) is 5.02 Å². The fourth-order valence-electron chi connectivity index (χ4n) is 4.27. The molecule has 0 aliphatic carbocycles. The number of pyridine rings is 2. The third-order valence-corrected chi connectivity index (χ3v) is 6.06. The van der Waals surface area contributed by atoms with Gasteiger partial charge in [0.2, 0.25) is 5.88 Å². The van der Waals surface area contributed by atoms with Crippen LogP contribution in [0, 0.1) is 6.92 Å². The first-order valence-electron chi connectivity index (χ1n) is 11.0. The molecular weight excluding hydrogens is 434 g/mol. The van der Waals surface area contributed by atoms with Crippen LogP contribution in [0.1, 0.15) is 47.4 Å². The van der Waals surface area contributed by atoms with E-state index in [0.29, 0.717) is 11.7 Å². The average Bonchev–Trinajstić information content (AvgIpc) is 3.26. The summed E-state index contributed by atoms with van der Waals surface area (Å²) in [4.78, 5) is 13.7. The summed E-state index contributed by atoms with van der Waals surface area (Å²) in [7, 11) is 1.63. The Labute approximate surface area is 198 Å². The van der Waals surface area contributed by atoms with E-state index in [-0.39, 0.29) is 5.92 Å². The second-order valence-corrected chi connectivity index (χ2v) is 8.55. The van der Waals surface area contributed by atoms with Crippen LogP contribution in [0.5, 0.6) is 5.88 Å². The zero-order valence-electron chi connectivity index (χ0n) is 18.6. The number of benzene rings is 1. The third kappa shape index (κ3) is 4.52. The SMILES string of the molecule is COc1nc(/C=C/c2nc3n(n2)CCCC3c2cccc(Cl)c2)ccc1-c1ccnc(C)c1. The van der Waals surface area contributed by atoms with Gasteiger partial charge in [-0.1, -0.05) is 23.7 Å². The molecule has 166 valence electrons. The lowest BCUT2D eigenvalue weighted by Crippen LogP contribution is -2.17. The average molecular weight is 458 g/mol. The molecule has 0 bridgehead atoms. The number of rotatable bonds is 5. The van der Waals surface area contributed by atoms with Crippen molar-refractivity contribution in [2.45, 2.75) is 32.2 Å². The van der Waals surface area contributed by atoms with E-state index in [9.17, 15) is 0 Å². The number of ether oxygens (including phenoxy) is 1. The molecule has 4 heterocycles. The molecule has 6 nitrogen and oxygen atoms in total. The Morgan fingerprint density at radius 2 is 2.00 bits per heavy atom. The van der Waals surface area contributed by atoms with Crippen molar-refractivity contribution in [2.75, 3.05) is 7.11 Å². The Bertz CT molecular complexity index is 1330. The van der Waals surface area contributed by atoms with Crippen molar-refractivity contribution in [3.05, 3.63) is 88.4 Å². The molecule has 0 fully saturated rings. The van der Waals surface area contributed by atoms with Gasteiger partial charge in [0.05, 0.1) is 12.8 Å². The lowest BCUT2D eigenvalue weighted by Gasteiger charge is -2.22. The molecule has 0 amide bonds. The fourth-order valence-corrected chi connectivity index (χ4v) is 4.47. The van der Waals surface area contributed by atoms with E-state index >= 15 is 0 Å². The first kappa shape index (κ1) is 21.3. The number of hydrogen-bond donors (Lipinski definition) is 0. The highest BCUT2D eigenvalue weighted by Crippen LogP contribution is 2.33. The minimum absolute atomic E-state index is 0.202. The maximum atomic E-state index is 6.22. The minimum Gasteiger partial charge on any atom is -0.481 e. The molecule has 1 unspecified atom stereocenters. The van der Waals surface area contributed by atoms with E-state index in [4.69, 9.17) is 26.4 Å². The predicted octanol–water partition coefficient (Wildman–Crippen LogP) is 5.80. The largest absolute Gasteiger partial charge is 0.481 e. The normalized spacial score (nSPS) is 15.5. The Balaban J connectivity index is 1.41. The monoisotopic (exact) mass is 457 g/mol. The molecule has 33 heavy (non-hydrogen) atoms. The van der Waals surface area contributed by atoms with Crippen molar-refractivity contribution in [3.8, 4) is 17.0 Å². The quantitative estimate of drug-likeness (QED) is 0.379. The summed E-state index contributed by atoms with van der Waals surface area (Å²) in [6.45, 7) is 2.84. The van der Waals surface area contributed by atoms with Gasteiger partial charge < -0.3 is 4.74 Å². The van der Waals surface area contributed by atoms with Gasteiger partial charge in [0.1, 0.15) is 5.82 Å². The van der Waals surface area contributed by atoms with Gasteiger partial charge >= 0.3 is 0 Å². The fraction of sp³-hybridized carbons (Fsp3) is 0.231. The van der Waals surface area contributed by atoms with E-state index in [1.165, 1.54) is 5.56 Å². The second-order valence-electron chi connectivity index (χ2n) is 8.11. The van der Waals surface area contributed by atoms with E-state index < -0.39 is 0 Å². The van der Waals surface area contributed by atoms with Crippen molar-refractivity contribution in [2.24, 2.45) is 0 Å². The molecule has 3 aromatic heterocycles. The van der Waals surface area contributed by atoms with E-state index in [1.807, 2.05) is 66.2 Å². The number of fused-ring (bicyclic) bond motifs is 1. The van der Waals surface area contributed by atoms with Crippen molar-refractivity contribution in [1.29, 1.82) is 0 Å². The van der Waals surface area contributed by atoms with Crippen LogP contribution in [-0.4, -0.2) is 31.8 Å². The summed E-state index contributed by atoms with van der Waals surface area (Å²) >= 11 is 6.22. The highest BCUT2D eigenvalue weighted by Gasteiger charge is 2.25. The van der Waals surface area contributed by atoms with Crippen LogP contribution in [-0.2, 0) is 6.54 Å². The Hall–Kier alpha value is -3.51. The molecule has 0 spiro atoms. The Morgan fingerprint density at radius 1 is 1.09 bits per heavy atom. The molecule has 1 aromatic carbocycles. The molecule has 0 saturated carbocycles. The summed E-state index contributed by atoms with van der Waals surface area (Å²) in [5.74, 6) is 2.43. The maximum absolute atomic E-state index is 6.22. The van der Waals surface area contributed by atoms with Gasteiger partial charge in [-0.3, -0.25) is 4.98 Å². The molecule has 1 aliphatic heterocycles. The number of aromatic nitrogens is 5. The molecule has 4 aromatic rings. The van der Waals surface area contributed by atoms with Crippen molar-refractivity contribution in [1.82, 2.24) is 24.7 Å². The Kier molecular flexibility index (Phi) is 5.92. The van der Waals surface area contributed by atoms with Gasteiger partial charge in [-0.2, -0.15) is 5.10 Å². The molecule has 1 aliphatic rings. The zero-order valence-corrected chi connectivity index (χ0v) is 19.3. The van der Waals surface area contributed by atoms with Gasteiger partial charge in [0, 0.05) is 34.9 Å². The van der Waals surface area contributed by atoms with Crippen LogP contribution in [0.3, 0.4) is 0 Å². The number of halogens is 1. The topological polar surface area (TPSA) is 65.7 Å². The first-order chi connectivity index (χ1) is 16.1. The van der Waals surface area contributed by atoms with Gasteiger partial charge in [-0.15, -0.1) is 0 Å². The summed E-state index contributed by atoms with van der Waals surface area (Å²) < 4.78 is 7.57. The Morgan fingerprint density at radius 3 is 2.82 bits per heavy atom. The summed E-state index contributed by atoms with van der Waals surface area (Å²) in [5, 5.41) is 5.45. The number of nitrogens with zero attached hydrogens (tertiary/aromatic N) is 5. The van der Waals surface area contributed by atoms with Crippen LogP contribution in [0.25, 0.3) is 23.3 Å². The molecular formula is C26H24ClN5O. The van der Waals surface area contributed by atoms with Gasteiger partial charge in [-0.25, -0.2) is 14.6 Å². The van der Waals surface area contributed by atoms with E-state index in [2.05, 4.69) is 16.0 Å².